The first-order valence-electron chi connectivity index (χ1n) is 7.74. The number of amides is 1. The van der Waals surface area contributed by atoms with Crippen molar-refractivity contribution in [2.75, 3.05) is 36.5 Å². The molecule has 0 aliphatic carbocycles. The number of non-ortho nitro benzene ring substituents is 1. The molecule has 0 saturated carbocycles. The van der Waals surface area contributed by atoms with Crippen molar-refractivity contribution in [2.45, 2.75) is 18.5 Å². The van der Waals surface area contributed by atoms with Crippen LogP contribution in [0.1, 0.15) is 6.42 Å². The Bertz CT molecular complexity index is 602. The van der Waals surface area contributed by atoms with E-state index in [1.165, 1.54) is 12.1 Å². The van der Waals surface area contributed by atoms with Gasteiger partial charge in [0.2, 0.25) is 5.91 Å². The van der Waals surface area contributed by atoms with E-state index in [0.717, 1.165) is 24.6 Å². The normalized spacial score (nSPS) is 22.5. The number of carbonyl (C=O) groups is 1. The maximum atomic E-state index is 12.5. The maximum Gasteiger partial charge on any atom is 0.271 e. The van der Waals surface area contributed by atoms with Gasteiger partial charge in [0.25, 0.3) is 5.69 Å². The first-order chi connectivity index (χ1) is 11.1. The lowest BCUT2D eigenvalue weighted by molar-refractivity contribution is -0.384. The number of nitro benzene ring substituents is 1. The van der Waals surface area contributed by atoms with Gasteiger partial charge in [-0.15, -0.1) is 24.8 Å². The standard InChI is InChI=1S/C15H20N4O3S.2ClH/c20-15(18-4-6-23-7-5-18)14-9-12(10-16-14)17-11-2-1-3-13(8-11)19(21)22;;/h1-3,8,12,14,16-17H,4-7,9-10H2;2*1H/t12-,14-;;/m0../s1. The zero-order chi connectivity index (χ0) is 16.2. The Morgan fingerprint density at radius 3 is 2.72 bits per heavy atom. The summed E-state index contributed by atoms with van der Waals surface area (Å²) in [7, 11) is 0. The lowest BCUT2D eigenvalue weighted by Crippen LogP contribution is -2.46. The molecule has 25 heavy (non-hydrogen) atoms. The molecule has 7 nitrogen and oxygen atoms in total. The summed E-state index contributed by atoms with van der Waals surface area (Å²) in [5.74, 6) is 2.19. The van der Waals surface area contributed by atoms with Crippen molar-refractivity contribution in [3.05, 3.63) is 34.4 Å². The zero-order valence-electron chi connectivity index (χ0n) is 13.6. The molecule has 0 aromatic heterocycles. The van der Waals surface area contributed by atoms with Gasteiger partial charge in [0.15, 0.2) is 0 Å². The van der Waals surface area contributed by atoms with Crippen molar-refractivity contribution in [3.8, 4) is 0 Å². The Hall–Kier alpha value is -1.22. The number of hydrogen-bond acceptors (Lipinski definition) is 6. The van der Waals surface area contributed by atoms with Crippen LogP contribution in [0.4, 0.5) is 11.4 Å². The van der Waals surface area contributed by atoms with Gasteiger partial charge in [-0.1, -0.05) is 6.07 Å². The number of thioether (sulfide) groups is 1. The van der Waals surface area contributed by atoms with Crippen molar-refractivity contribution in [3.63, 3.8) is 0 Å². The summed E-state index contributed by atoms with van der Waals surface area (Å²) in [6, 6.07) is 6.41. The van der Waals surface area contributed by atoms with Gasteiger partial charge in [0.05, 0.1) is 11.0 Å². The molecule has 2 atom stereocenters. The minimum atomic E-state index is -0.404. The van der Waals surface area contributed by atoms with Crippen LogP contribution in [0, 0.1) is 10.1 Å². The van der Waals surface area contributed by atoms with Crippen LogP contribution in [-0.4, -0.2) is 59.0 Å². The minimum absolute atomic E-state index is 0. The molecule has 2 aliphatic rings. The third kappa shape index (κ3) is 5.64. The van der Waals surface area contributed by atoms with Gasteiger partial charge in [-0.25, -0.2) is 0 Å². The summed E-state index contributed by atoms with van der Waals surface area (Å²) in [6.07, 6.45) is 0.700. The van der Waals surface area contributed by atoms with Gasteiger partial charge >= 0.3 is 0 Å². The van der Waals surface area contributed by atoms with E-state index in [0.29, 0.717) is 18.7 Å². The monoisotopic (exact) mass is 408 g/mol. The van der Waals surface area contributed by atoms with E-state index in [-0.39, 0.29) is 48.5 Å². The number of nitro groups is 1. The van der Waals surface area contributed by atoms with Crippen LogP contribution in [0.15, 0.2) is 24.3 Å². The second kappa shape index (κ2) is 10.1. The topological polar surface area (TPSA) is 87.5 Å². The Kier molecular flexibility index (Phi) is 8.78. The number of carbonyl (C=O) groups excluding carboxylic acids is 1. The van der Waals surface area contributed by atoms with Crippen LogP contribution in [-0.2, 0) is 4.79 Å². The Morgan fingerprint density at radius 1 is 1.32 bits per heavy atom. The molecule has 0 unspecified atom stereocenters. The molecule has 2 saturated heterocycles. The quantitative estimate of drug-likeness (QED) is 0.586. The molecule has 3 rings (SSSR count). The smallest absolute Gasteiger partial charge is 0.271 e. The lowest BCUT2D eigenvalue weighted by Gasteiger charge is -2.28. The third-order valence-corrected chi connectivity index (χ3v) is 5.12. The summed E-state index contributed by atoms with van der Waals surface area (Å²) in [4.78, 5) is 24.8. The molecule has 2 fully saturated rings. The second-order valence-electron chi connectivity index (χ2n) is 5.78. The fourth-order valence-electron chi connectivity index (χ4n) is 2.98. The van der Waals surface area contributed by atoms with Crippen LogP contribution in [0.5, 0.6) is 0 Å². The van der Waals surface area contributed by atoms with Crippen LogP contribution in [0.25, 0.3) is 0 Å². The Morgan fingerprint density at radius 2 is 2.04 bits per heavy atom. The first kappa shape index (κ1) is 21.8. The average molecular weight is 409 g/mol. The number of rotatable bonds is 4. The number of nitrogens with one attached hydrogen (secondary N) is 2. The summed E-state index contributed by atoms with van der Waals surface area (Å²) < 4.78 is 0. The van der Waals surface area contributed by atoms with Crippen molar-refractivity contribution in [1.29, 1.82) is 0 Å². The van der Waals surface area contributed by atoms with Crippen LogP contribution < -0.4 is 10.6 Å². The fraction of sp³-hybridized carbons (Fsp3) is 0.533. The number of anilines is 1. The Labute approximate surface area is 163 Å². The van der Waals surface area contributed by atoms with E-state index in [1.54, 1.807) is 6.07 Å². The molecule has 10 heteroatoms. The maximum absolute atomic E-state index is 12.5. The van der Waals surface area contributed by atoms with E-state index in [9.17, 15) is 14.9 Å². The van der Waals surface area contributed by atoms with Gasteiger partial charge < -0.3 is 15.5 Å². The van der Waals surface area contributed by atoms with E-state index in [1.807, 2.05) is 22.7 Å². The highest BCUT2D eigenvalue weighted by Gasteiger charge is 2.32. The van der Waals surface area contributed by atoms with Gasteiger partial charge in [-0.2, -0.15) is 11.8 Å². The molecule has 2 N–H and O–H groups in total. The number of hydrogen-bond donors (Lipinski definition) is 2. The van der Waals surface area contributed by atoms with E-state index in [2.05, 4.69) is 10.6 Å². The van der Waals surface area contributed by atoms with Gasteiger partial charge in [0, 0.05) is 55.0 Å². The van der Waals surface area contributed by atoms with Crippen molar-refractivity contribution < 1.29 is 9.72 Å². The van der Waals surface area contributed by atoms with E-state index < -0.39 is 4.92 Å². The van der Waals surface area contributed by atoms with Crippen molar-refractivity contribution in [2.24, 2.45) is 0 Å². The average Bonchev–Trinajstić information content (AvgIpc) is 3.03. The minimum Gasteiger partial charge on any atom is -0.381 e. The molecule has 1 amide bonds. The first-order valence-corrected chi connectivity index (χ1v) is 8.90. The SMILES string of the molecule is Cl.Cl.O=C([C@@H]1C[C@H](Nc2cccc([N+](=O)[O-])c2)CN1)N1CCSCC1. The van der Waals surface area contributed by atoms with Gasteiger partial charge in [0.1, 0.15) is 0 Å². The molecule has 1 aromatic carbocycles. The van der Waals surface area contributed by atoms with E-state index >= 15 is 0 Å². The molecule has 140 valence electrons. The molecule has 2 aliphatic heterocycles. The lowest BCUT2D eigenvalue weighted by atomic mass is 10.1. The van der Waals surface area contributed by atoms with Gasteiger partial charge in [-0.05, 0) is 12.5 Å². The molecular weight excluding hydrogens is 387 g/mol. The third-order valence-electron chi connectivity index (χ3n) is 4.18. The highest BCUT2D eigenvalue weighted by atomic mass is 35.5. The summed E-state index contributed by atoms with van der Waals surface area (Å²) in [5, 5.41) is 17.4. The molecule has 1 aromatic rings. The molecular formula is C15H22Cl2N4O3S. The highest BCUT2D eigenvalue weighted by molar-refractivity contribution is 7.99. The molecule has 0 bridgehead atoms. The largest absolute Gasteiger partial charge is 0.381 e. The molecule has 0 spiro atoms. The van der Waals surface area contributed by atoms with Crippen molar-refractivity contribution in [1.82, 2.24) is 10.2 Å². The summed E-state index contributed by atoms with van der Waals surface area (Å²) in [6.45, 7) is 2.33. The predicted molar refractivity (Wildman–Crippen MR) is 105 cm³/mol. The van der Waals surface area contributed by atoms with Gasteiger partial charge in [-0.3, -0.25) is 14.9 Å². The second-order valence-corrected chi connectivity index (χ2v) is 7.01. The summed E-state index contributed by atoms with van der Waals surface area (Å²) in [5.41, 5.74) is 0.785. The van der Waals surface area contributed by atoms with Crippen LogP contribution >= 0.6 is 36.6 Å². The van der Waals surface area contributed by atoms with E-state index in [4.69, 9.17) is 0 Å². The predicted octanol–water partition coefficient (Wildman–Crippen LogP) is 2.16. The van der Waals surface area contributed by atoms with Crippen molar-refractivity contribution >= 4 is 53.9 Å². The highest BCUT2D eigenvalue weighted by Crippen LogP contribution is 2.21. The zero-order valence-corrected chi connectivity index (χ0v) is 16.0. The Balaban J connectivity index is 0.00000156. The van der Waals surface area contributed by atoms with Crippen LogP contribution in [0.2, 0.25) is 0 Å². The molecule has 2 heterocycles. The number of halogens is 2. The summed E-state index contributed by atoms with van der Waals surface area (Å²) >= 11 is 1.88. The number of nitrogens with zero attached hydrogens (tertiary/aromatic N) is 2. The fourth-order valence-corrected chi connectivity index (χ4v) is 3.89. The molecule has 0 radical (unpaired) electrons. The number of benzene rings is 1. The van der Waals surface area contributed by atoms with Crippen LogP contribution in [0.3, 0.4) is 0 Å².